The highest BCUT2D eigenvalue weighted by molar-refractivity contribution is 5.42. The molecule has 0 heterocycles. The van der Waals surface area contributed by atoms with E-state index in [0.717, 1.165) is 23.0 Å². The molecule has 0 radical (unpaired) electrons. The van der Waals surface area contributed by atoms with E-state index in [0.29, 0.717) is 35.2 Å². The van der Waals surface area contributed by atoms with Crippen LogP contribution in [0.5, 0.6) is 11.5 Å². The van der Waals surface area contributed by atoms with Gasteiger partial charge in [-0.15, -0.1) is 0 Å². The Hall–Kier alpha value is -1.96. The van der Waals surface area contributed by atoms with Gasteiger partial charge in [-0.3, -0.25) is 0 Å². The normalized spacial score (nSPS) is 27.0. The Morgan fingerprint density at radius 1 is 0.667 bits per heavy atom. The number of hydrogen-bond acceptors (Lipinski definition) is 2. The summed E-state index contributed by atoms with van der Waals surface area (Å²) >= 11 is 0. The Balaban J connectivity index is 1.55. The SMILES string of the molecule is CC(C)c1cc(C2CC3CC2CC3c2ccc(O)c(C(C)C)c2)ccc1O. The third-order valence-corrected chi connectivity index (χ3v) is 7.06. The maximum Gasteiger partial charge on any atom is 0.119 e. The van der Waals surface area contributed by atoms with Crippen molar-refractivity contribution in [2.24, 2.45) is 11.8 Å². The molecule has 0 aromatic heterocycles. The van der Waals surface area contributed by atoms with E-state index < -0.39 is 0 Å². The first kappa shape index (κ1) is 18.4. The summed E-state index contributed by atoms with van der Waals surface area (Å²) in [6.45, 7) is 8.58. The second kappa shape index (κ2) is 6.89. The van der Waals surface area contributed by atoms with Crippen LogP contribution in [-0.2, 0) is 0 Å². The summed E-state index contributed by atoms with van der Waals surface area (Å²) in [6.07, 6.45) is 3.80. The second-order valence-electron chi connectivity index (χ2n) is 9.39. The summed E-state index contributed by atoms with van der Waals surface area (Å²) in [4.78, 5) is 0. The summed E-state index contributed by atoms with van der Waals surface area (Å²) in [5, 5.41) is 20.3. The van der Waals surface area contributed by atoms with Crippen molar-refractivity contribution in [2.45, 2.75) is 70.6 Å². The molecule has 2 fully saturated rings. The zero-order valence-corrected chi connectivity index (χ0v) is 16.9. The maximum atomic E-state index is 10.1. The van der Waals surface area contributed by atoms with E-state index >= 15 is 0 Å². The van der Waals surface area contributed by atoms with E-state index in [1.54, 1.807) is 0 Å². The van der Waals surface area contributed by atoms with Gasteiger partial charge in [0, 0.05) is 0 Å². The number of phenols is 2. The molecule has 4 rings (SSSR count). The first-order valence-electron chi connectivity index (χ1n) is 10.5. The number of hydrogen-bond donors (Lipinski definition) is 2. The van der Waals surface area contributed by atoms with Gasteiger partial charge in [-0.2, -0.15) is 0 Å². The zero-order chi connectivity index (χ0) is 19.3. The quantitative estimate of drug-likeness (QED) is 0.638. The molecule has 2 aliphatic carbocycles. The van der Waals surface area contributed by atoms with Gasteiger partial charge in [0.1, 0.15) is 11.5 Å². The van der Waals surface area contributed by atoms with E-state index in [1.165, 1.54) is 30.4 Å². The lowest BCUT2D eigenvalue weighted by molar-refractivity contribution is 0.374. The van der Waals surface area contributed by atoms with Crippen LogP contribution >= 0.6 is 0 Å². The molecule has 27 heavy (non-hydrogen) atoms. The molecule has 2 aliphatic rings. The molecule has 2 heteroatoms. The van der Waals surface area contributed by atoms with Crippen LogP contribution in [-0.4, -0.2) is 10.2 Å². The van der Waals surface area contributed by atoms with Crippen LogP contribution in [0, 0.1) is 11.8 Å². The highest BCUT2D eigenvalue weighted by Gasteiger charge is 2.46. The monoisotopic (exact) mass is 364 g/mol. The molecular weight excluding hydrogens is 332 g/mol. The van der Waals surface area contributed by atoms with Gasteiger partial charge in [-0.25, -0.2) is 0 Å². The van der Waals surface area contributed by atoms with Crippen LogP contribution in [0.2, 0.25) is 0 Å². The molecule has 2 N–H and O–H groups in total. The molecule has 2 saturated carbocycles. The van der Waals surface area contributed by atoms with Crippen LogP contribution in [0.15, 0.2) is 36.4 Å². The van der Waals surface area contributed by atoms with Crippen molar-refractivity contribution in [1.82, 2.24) is 0 Å². The van der Waals surface area contributed by atoms with Gasteiger partial charge < -0.3 is 10.2 Å². The average molecular weight is 365 g/mol. The predicted molar refractivity (Wildman–Crippen MR) is 111 cm³/mol. The molecular formula is C25H32O2. The minimum atomic E-state index is 0.350. The third kappa shape index (κ3) is 3.24. The number of rotatable bonds is 4. The van der Waals surface area contributed by atoms with E-state index in [-0.39, 0.29) is 0 Å². The number of aromatic hydroxyl groups is 2. The van der Waals surface area contributed by atoms with Gasteiger partial charge in [-0.05, 0) is 89.2 Å². The van der Waals surface area contributed by atoms with E-state index in [2.05, 4.69) is 52.0 Å². The lowest BCUT2D eigenvalue weighted by Gasteiger charge is -2.29. The van der Waals surface area contributed by atoms with Crippen LogP contribution in [0.4, 0.5) is 0 Å². The number of fused-ring (bicyclic) bond motifs is 2. The van der Waals surface area contributed by atoms with Crippen molar-refractivity contribution >= 4 is 0 Å². The molecule has 2 nitrogen and oxygen atoms in total. The van der Waals surface area contributed by atoms with Crippen LogP contribution < -0.4 is 0 Å². The standard InChI is InChI=1S/C25H32O2/c1-14(2)20-10-16(5-7-24(20)26)22-12-19-9-18(22)13-23(19)17-6-8-25(27)21(11-17)15(3)4/h5-8,10-11,14-15,18-19,22-23,26-27H,9,12-13H2,1-4H3. The Kier molecular flexibility index (Phi) is 4.70. The Morgan fingerprint density at radius 3 is 1.41 bits per heavy atom. The van der Waals surface area contributed by atoms with E-state index in [4.69, 9.17) is 0 Å². The van der Waals surface area contributed by atoms with Gasteiger partial charge in [0.25, 0.3) is 0 Å². The molecule has 0 spiro atoms. The summed E-state index contributed by atoms with van der Waals surface area (Å²) in [5.74, 6) is 4.30. The highest BCUT2D eigenvalue weighted by Crippen LogP contribution is 2.59. The van der Waals surface area contributed by atoms with Gasteiger partial charge in [0.15, 0.2) is 0 Å². The Labute approximate surface area is 163 Å². The van der Waals surface area contributed by atoms with Gasteiger partial charge >= 0.3 is 0 Å². The molecule has 0 aliphatic heterocycles. The molecule has 4 atom stereocenters. The minimum Gasteiger partial charge on any atom is -0.508 e. The minimum absolute atomic E-state index is 0.350. The molecule has 0 saturated heterocycles. The summed E-state index contributed by atoms with van der Waals surface area (Å²) < 4.78 is 0. The topological polar surface area (TPSA) is 40.5 Å². The fraction of sp³-hybridized carbons (Fsp3) is 0.520. The van der Waals surface area contributed by atoms with Gasteiger partial charge in [0.05, 0.1) is 0 Å². The lowest BCUT2D eigenvalue weighted by Crippen LogP contribution is -2.16. The van der Waals surface area contributed by atoms with Crippen LogP contribution in [0.3, 0.4) is 0 Å². The summed E-state index contributed by atoms with van der Waals surface area (Å²) in [7, 11) is 0. The largest absolute Gasteiger partial charge is 0.508 e. The van der Waals surface area contributed by atoms with Crippen molar-refractivity contribution < 1.29 is 10.2 Å². The average Bonchev–Trinajstić information content (AvgIpc) is 3.22. The first-order chi connectivity index (χ1) is 12.8. The van der Waals surface area contributed by atoms with Crippen LogP contribution in [0.25, 0.3) is 0 Å². The van der Waals surface area contributed by atoms with E-state index in [1.807, 2.05) is 12.1 Å². The molecule has 2 aromatic rings. The van der Waals surface area contributed by atoms with Crippen LogP contribution in [0.1, 0.15) is 92.9 Å². The first-order valence-corrected chi connectivity index (χ1v) is 10.5. The van der Waals surface area contributed by atoms with E-state index in [9.17, 15) is 10.2 Å². The highest BCUT2D eigenvalue weighted by atomic mass is 16.3. The smallest absolute Gasteiger partial charge is 0.119 e. The molecule has 0 amide bonds. The molecule has 2 aromatic carbocycles. The molecule has 4 unspecified atom stereocenters. The van der Waals surface area contributed by atoms with Gasteiger partial charge in [-0.1, -0.05) is 52.0 Å². The molecule has 144 valence electrons. The summed E-state index contributed by atoms with van der Waals surface area (Å²) in [5.41, 5.74) is 4.98. The van der Waals surface area contributed by atoms with Crippen molar-refractivity contribution in [1.29, 1.82) is 0 Å². The van der Waals surface area contributed by atoms with Crippen molar-refractivity contribution in [3.05, 3.63) is 58.7 Å². The predicted octanol–water partition coefficient (Wildman–Crippen LogP) is 6.64. The zero-order valence-electron chi connectivity index (χ0n) is 16.9. The fourth-order valence-corrected chi connectivity index (χ4v) is 5.62. The number of phenolic OH excluding ortho intramolecular Hbond substituents is 2. The Morgan fingerprint density at radius 2 is 1.07 bits per heavy atom. The third-order valence-electron chi connectivity index (χ3n) is 7.06. The van der Waals surface area contributed by atoms with Gasteiger partial charge in [0.2, 0.25) is 0 Å². The lowest BCUT2D eigenvalue weighted by atomic mass is 9.75. The maximum absolute atomic E-state index is 10.1. The van der Waals surface area contributed by atoms with Crippen molar-refractivity contribution in [2.75, 3.05) is 0 Å². The summed E-state index contributed by atoms with van der Waals surface area (Å²) in [6, 6.07) is 12.6. The van der Waals surface area contributed by atoms with Crippen molar-refractivity contribution in [3.8, 4) is 11.5 Å². The molecule has 2 bridgehead atoms. The Bertz CT molecular complexity index is 767. The fourth-order valence-electron chi connectivity index (χ4n) is 5.62. The second-order valence-corrected chi connectivity index (χ2v) is 9.39. The van der Waals surface area contributed by atoms with Crippen molar-refractivity contribution in [3.63, 3.8) is 0 Å². The number of benzene rings is 2.